The van der Waals surface area contributed by atoms with E-state index in [1.54, 1.807) is 23.2 Å². The predicted molar refractivity (Wildman–Crippen MR) is 92.6 cm³/mol. The number of thiazole rings is 1. The minimum atomic E-state index is -0.838. The molecule has 1 atom stereocenters. The van der Waals surface area contributed by atoms with Gasteiger partial charge in [0.15, 0.2) is 5.13 Å². The van der Waals surface area contributed by atoms with Gasteiger partial charge in [0, 0.05) is 44.5 Å². The van der Waals surface area contributed by atoms with E-state index in [-0.39, 0.29) is 12.6 Å². The first-order valence-corrected chi connectivity index (χ1v) is 9.31. The van der Waals surface area contributed by atoms with Crippen LogP contribution in [0.5, 0.6) is 0 Å². The van der Waals surface area contributed by atoms with Crippen LogP contribution in [0.15, 0.2) is 5.38 Å². The van der Waals surface area contributed by atoms with E-state index in [9.17, 15) is 14.7 Å². The van der Waals surface area contributed by atoms with Crippen LogP contribution in [0, 0.1) is 5.41 Å². The molecule has 2 fully saturated rings. The predicted octanol–water partition coefficient (Wildman–Crippen LogP) is 1.79. The summed E-state index contributed by atoms with van der Waals surface area (Å²) in [6.07, 6.45) is 3.66. The number of rotatable bonds is 5. The number of aromatic nitrogens is 1. The van der Waals surface area contributed by atoms with Crippen LogP contribution in [-0.2, 0) is 11.2 Å². The molecule has 0 aromatic carbocycles. The third-order valence-corrected chi connectivity index (χ3v) is 5.80. The number of carbonyl (C=O) groups is 2. The molecule has 24 heavy (non-hydrogen) atoms. The fraction of sp³-hybridized carbons (Fsp3) is 0.688. The lowest BCUT2D eigenvalue weighted by Gasteiger charge is -2.20. The molecule has 7 nitrogen and oxygen atoms in total. The van der Waals surface area contributed by atoms with Gasteiger partial charge < -0.3 is 20.2 Å². The van der Waals surface area contributed by atoms with E-state index in [0.717, 1.165) is 23.9 Å². The van der Waals surface area contributed by atoms with Gasteiger partial charge in [0.1, 0.15) is 0 Å². The highest BCUT2D eigenvalue weighted by Crippen LogP contribution is 2.30. The second kappa shape index (κ2) is 6.96. The number of aliphatic carboxylic acids is 1. The van der Waals surface area contributed by atoms with E-state index in [4.69, 9.17) is 0 Å². The van der Waals surface area contributed by atoms with Gasteiger partial charge in [0.25, 0.3) is 0 Å². The molecule has 0 bridgehead atoms. The number of amides is 2. The monoisotopic (exact) mass is 352 g/mol. The summed E-state index contributed by atoms with van der Waals surface area (Å²) in [5.74, 6) is -0.838. The molecular formula is C16H24N4O3S. The summed E-state index contributed by atoms with van der Waals surface area (Å²) in [7, 11) is 0. The molecule has 2 aliphatic rings. The summed E-state index contributed by atoms with van der Waals surface area (Å²) in [6, 6.07) is -0.185. The van der Waals surface area contributed by atoms with Crippen LogP contribution in [0.1, 0.15) is 31.9 Å². The van der Waals surface area contributed by atoms with Crippen molar-refractivity contribution in [3.05, 3.63) is 11.1 Å². The number of hydrogen-bond acceptors (Lipinski definition) is 5. The maximum absolute atomic E-state index is 12.2. The molecule has 0 aliphatic carbocycles. The van der Waals surface area contributed by atoms with Gasteiger partial charge in [-0.3, -0.25) is 4.79 Å². The van der Waals surface area contributed by atoms with E-state index in [1.165, 1.54) is 12.8 Å². The zero-order valence-electron chi connectivity index (χ0n) is 14.0. The third-order valence-electron chi connectivity index (χ3n) is 4.85. The summed E-state index contributed by atoms with van der Waals surface area (Å²) >= 11 is 1.66. The normalized spacial score (nSPS) is 23.7. The lowest BCUT2D eigenvalue weighted by atomic mass is 9.90. The van der Waals surface area contributed by atoms with Gasteiger partial charge in [-0.1, -0.05) is 0 Å². The molecule has 2 amide bonds. The van der Waals surface area contributed by atoms with Gasteiger partial charge in [0.2, 0.25) is 0 Å². The lowest BCUT2D eigenvalue weighted by molar-refractivity contribution is -0.146. The van der Waals surface area contributed by atoms with Crippen molar-refractivity contribution in [2.24, 2.45) is 5.41 Å². The Morgan fingerprint density at radius 1 is 1.38 bits per heavy atom. The van der Waals surface area contributed by atoms with Crippen LogP contribution in [-0.4, -0.2) is 59.7 Å². The Hall–Kier alpha value is -1.83. The standard InChI is InChI=1S/C16H24N4O3S/c1-16(13(21)22)5-9-20(11-16)14(23)17-6-4-12-10-24-15(18-12)19-7-2-3-8-19/h10H,2-9,11H2,1H3,(H,17,23)(H,21,22). The number of nitrogens with one attached hydrogen (secondary N) is 1. The van der Waals surface area contributed by atoms with Crippen LogP contribution in [0.2, 0.25) is 0 Å². The number of nitrogens with zero attached hydrogens (tertiary/aromatic N) is 3. The van der Waals surface area contributed by atoms with Crippen molar-refractivity contribution in [1.82, 2.24) is 15.2 Å². The Labute approximate surface area is 145 Å². The third kappa shape index (κ3) is 3.63. The number of urea groups is 1. The largest absolute Gasteiger partial charge is 0.481 e. The van der Waals surface area contributed by atoms with E-state index >= 15 is 0 Å². The first-order valence-electron chi connectivity index (χ1n) is 8.43. The molecule has 1 aromatic rings. The molecule has 1 unspecified atom stereocenters. The minimum absolute atomic E-state index is 0.185. The second-order valence-corrected chi connectivity index (χ2v) is 7.67. The molecule has 0 radical (unpaired) electrons. The van der Waals surface area contributed by atoms with Crippen molar-refractivity contribution in [2.45, 2.75) is 32.6 Å². The first-order chi connectivity index (χ1) is 11.5. The van der Waals surface area contributed by atoms with E-state index in [1.807, 2.05) is 0 Å². The van der Waals surface area contributed by atoms with Crippen LogP contribution < -0.4 is 10.2 Å². The average molecular weight is 352 g/mol. The number of carboxylic acid groups (broad SMARTS) is 1. The summed E-state index contributed by atoms with van der Waals surface area (Å²) in [5, 5.41) is 15.2. The molecule has 132 valence electrons. The molecule has 0 saturated carbocycles. The molecule has 2 saturated heterocycles. The smallest absolute Gasteiger partial charge is 0.317 e. The first kappa shape index (κ1) is 17.0. The van der Waals surface area contributed by atoms with Gasteiger partial charge in [0.05, 0.1) is 11.1 Å². The van der Waals surface area contributed by atoms with Crippen molar-refractivity contribution in [2.75, 3.05) is 37.6 Å². The number of carbonyl (C=O) groups excluding carboxylic acids is 1. The topological polar surface area (TPSA) is 85.8 Å². The van der Waals surface area contributed by atoms with Crippen LogP contribution in [0.25, 0.3) is 0 Å². The maximum Gasteiger partial charge on any atom is 0.317 e. The van der Waals surface area contributed by atoms with Crippen molar-refractivity contribution < 1.29 is 14.7 Å². The Bertz CT molecular complexity index is 614. The number of anilines is 1. The van der Waals surface area contributed by atoms with Crippen LogP contribution in [0.4, 0.5) is 9.93 Å². The molecule has 3 heterocycles. The maximum atomic E-state index is 12.2. The Morgan fingerprint density at radius 3 is 2.79 bits per heavy atom. The van der Waals surface area contributed by atoms with Crippen LogP contribution >= 0.6 is 11.3 Å². The SMILES string of the molecule is CC1(C(=O)O)CCN(C(=O)NCCc2csc(N3CCCC3)n2)C1. The van der Waals surface area contributed by atoms with E-state index in [2.05, 4.69) is 20.6 Å². The van der Waals surface area contributed by atoms with Gasteiger partial charge in [-0.05, 0) is 26.2 Å². The van der Waals surface area contributed by atoms with E-state index in [0.29, 0.717) is 25.9 Å². The summed E-state index contributed by atoms with van der Waals surface area (Å²) in [6.45, 7) is 5.14. The zero-order valence-corrected chi connectivity index (χ0v) is 14.8. The zero-order chi connectivity index (χ0) is 17.2. The molecule has 2 aliphatic heterocycles. The fourth-order valence-corrected chi connectivity index (χ4v) is 4.10. The van der Waals surface area contributed by atoms with Crippen molar-refractivity contribution >= 4 is 28.5 Å². The Balaban J connectivity index is 1.43. The van der Waals surface area contributed by atoms with Gasteiger partial charge >= 0.3 is 12.0 Å². The highest BCUT2D eigenvalue weighted by molar-refractivity contribution is 7.13. The van der Waals surface area contributed by atoms with Gasteiger partial charge in [-0.2, -0.15) is 0 Å². The summed E-state index contributed by atoms with van der Waals surface area (Å²) < 4.78 is 0. The molecule has 0 spiro atoms. The van der Waals surface area contributed by atoms with Crippen molar-refractivity contribution in [3.8, 4) is 0 Å². The highest BCUT2D eigenvalue weighted by Gasteiger charge is 2.42. The Kier molecular flexibility index (Phi) is 4.93. The number of likely N-dealkylation sites (tertiary alicyclic amines) is 1. The van der Waals surface area contributed by atoms with Crippen LogP contribution in [0.3, 0.4) is 0 Å². The molecule has 3 rings (SSSR count). The summed E-state index contributed by atoms with van der Waals surface area (Å²) in [4.78, 5) is 31.9. The minimum Gasteiger partial charge on any atom is -0.481 e. The molecular weight excluding hydrogens is 328 g/mol. The number of hydrogen-bond donors (Lipinski definition) is 2. The van der Waals surface area contributed by atoms with Crippen molar-refractivity contribution in [3.63, 3.8) is 0 Å². The van der Waals surface area contributed by atoms with Crippen molar-refractivity contribution in [1.29, 1.82) is 0 Å². The quantitative estimate of drug-likeness (QED) is 0.844. The highest BCUT2D eigenvalue weighted by atomic mass is 32.1. The summed E-state index contributed by atoms with van der Waals surface area (Å²) in [5.41, 5.74) is 0.177. The second-order valence-electron chi connectivity index (χ2n) is 6.83. The molecule has 2 N–H and O–H groups in total. The Morgan fingerprint density at radius 2 is 2.12 bits per heavy atom. The van der Waals surface area contributed by atoms with Gasteiger partial charge in [-0.15, -0.1) is 11.3 Å². The lowest BCUT2D eigenvalue weighted by Crippen LogP contribution is -2.41. The molecule has 8 heteroatoms. The van der Waals surface area contributed by atoms with E-state index < -0.39 is 11.4 Å². The molecule has 1 aromatic heterocycles. The van der Waals surface area contributed by atoms with Gasteiger partial charge in [-0.25, -0.2) is 9.78 Å². The number of carboxylic acids is 1. The average Bonchev–Trinajstić information content (AvgIpc) is 3.27. The fourth-order valence-electron chi connectivity index (χ4n) is 3.18.